The molecule has 0 saturated heterocycles. The number of carbonyl (C=O) groups excluding carboxylic acids is 2. The van der Waals surface area contributed by atoms with Gasteiger partial charge in [-0.25, -0.2) is 4.79 Å². The molecule has 0 aromatic carbocycles. The Labute approximate surface area is 121 Å². The fraction of sp³-hybridized carbons (Fsp3) is 0.286. The maximum Gasteiger partial charge on any atom is 0.350 e. The quantitative estimate of drug-likeness (QED) is 0.885. The average Bonchev–Trinajstić information content (AvgIpc) is 2.94. The maximum atomic E-state index is 12.3. The fourth-order valence-corrected chi connectivity index (χ4v) is 2.78. The molecule has 0 unspecified atom stereocenters. The minimum atomic E-state index is -0.443. The van der Waals surface area contributed by atoms with Gasteiger partial charge in [0.25, 0.3) is 5.91 Å². The number of nitrogens with zero attached hydrogens (tertiary/aromatic N) is 1. The Morgan fingerprint density at radius 3 is 2.55 bits per heavy atom. The molecule has 0 aliphatic heterocycles. The molecule has 0 fully saturated rings. The smallest absolute Gasteiger partial charge is 0.350 e. The molecule has 2 aromatic heterocycles. The van der Waals surface area contributed by atoms with E-state index in [0.29, 0.717) is 16.3 Å². The first-order valence-corrected chi connectivity index (χ1v) is 6.93. The van der Waals surface area contributed by atoms with Gasteiger partial charge < -0.3 is 14.6 Å². The van der Waals surface area contributed by atoms with Gasteiger partial charge >= 0.3 is 5.97 Å². The van der Waals surface area contributed by atoms with Crippen molar-refractivity contribution in [3.05, 3.63) is 39.3 Å². The van der Waals surface area contributed by atoms with Crippen LogP contribution in [-0.4, -0.2) is 23.6 Å². The number of ether oxygens (including phenoxy) is 1. The molecule has 0 aliphatic rings. The number of thiophene rings is 1. The van der Waals surface area contributed by atoms with Gasteiger partial charge in [-0.2, -0.15) is 0 Å². The lowest BCUT2D eigenvalue weighted by Crippen LogP contribution is -2.17. The minimum absolute atomic E-state index is 0.243. The summed E-state index contributed by atoms with van der Waals surface area (Å²) in [5.41, 5.74) is 2.90. The number of esters is 1. The Morgan fingerprint density at radius 2 is 2.00 bits per heavy atom. The molecule has 0 spiro atoms. The normalized spacial score (nSPS) is 10.4. The molecule has 106 valence electrons. The van der Waals surface area contributed by atoms with Gasteiger partial charge in [0, 0.05) is 12.7 Å². The summed E-state index contributed by atoms with van der Waals surface area (Å²) < 4.78 is 6.52. The van der Waals surface area contributed by atoms with Gasteiger partial charge in [-0.3, -0.25) is 4.79 Å². The molecule has 2 aromatic rings. The van der Waals surface area contributed by atoms with Crippen LogP contribution >= 0.6 is 11.3 Å². The Balaban J connectivity index is 2.31. The van der Waals surface area contributed by atoms with E-state index in [0.717, 1.165) is 11.3 Å². The van der Waals surface area contributed by atoms with Crippen molar-refractivity contribution in [1.29, 1.82) is 0 Å². The Bertz CT molecular complexity index is 670. The molecule has 0 aliphatic carbocycles. The lowest BCUT2D eigenvalue weighted by Gasteiger charge is -2.08. The molecule has 0 radical (unpaired) electrons. The van der Waals surface area contributed by atoms with Crippen molar-refractivity contribution >= 4 is 28.9 Å². The summed E-state index contributed by atoms with van der Waals surface area (Å²) >= 11 is 1.26. The molecule has 1 amide bonds. The van der Waals surface area contributed by atoms with Crippen LogP contribution in [0.2, 0.25) is 0 Å². The number of nitrogens with one attached hydrogen (secondary N) is 1. The second-order valence-corrected chi connectivity index (χ2v) is 5.37. The van der Waals surface area contributed by atoms with Crippen LogP contribution < -0.4 is 5.32 Å². The summed E-state index contributed by atoms with van der Waals surface area (Å²) in [4.78, 5) is 24.4. The number of methoxy groups -OCH3 is 1. The molecule has 20 heavy (non-hydrogen) atoms. The third-order valence-corrected chi connectivity index (χ3v) is 4.27. The topological polar surface area (TPSA) is 60.3 Å². The van der Waals surface area contributed by atoms with Crippen LogP contribution in [0.25, 0.3) is 0 Å². The highest BCUT2D eigenvalue weighted by molar-refractivity contribution is 7.12. The Kier molecular flexibility index (Phi) is 3.94. The first kappa shape index (κ1) is 14.3. The molecule has 0 saturated carbocycles. The summed E-state index contributed by atoms with van der Waals surface area (Å²) in [5, 5.41) is 4.61. The van der Waals surface area contributed by atoms with Crippen molar-refractivity contribution in [1.82, 2.24) is 4.57 Å². The van der Waals surface area contributed by atoms with Crippen LogP contribution in [0.4, 0.5) is 5.69 Å². The van der Waals surface area contributed by atoms with E-state index in [1.54, 1.807) is 10.6 Å². The molecule has 1 N–H and O–H groups in total. The van der Waals surface area contributed by atoms with Crippen molar-refractivity contribution in [2.24, 2.45) is 7.05 Å². The predicted molar refractivity (Wildman–Crippen MR) is 78.5 cm³/mol. The van der Waals surface area contributed by atoms with E-state index in [9.17, 15) is 9.59 Å². The van der Waals surface area contributed by atoms with Crippen molar-refractivity contribution in [3.8, 4) is 0 Å². The van der Waals surface area contributed by atoms with Gasteiger partial charge in [0.1, 0.15) is 10.6 Å². The van der Waals surface area contributed by atoms with Gasteiger partial charge in [-0.05, 0) is 36.9 Å². The van der Waals surface area contributed by atoms with E-state index in [4.69, 9.17) is 4.74 Å². The van der Waals surface area contributed by atoms with Crippen LogP contribution in [-0.2, 0) is 11.8 Å². The lowest BCUT2D eigenvalue weighted by atomic mass is 10.2. The molecule has 2 heterocycles. The number of carbonyl (C=O) groups is 2. The molecular weight excluding hydrogens is 276 g/mol. The molecular formula is C14H16N2O3S. The van der Waals surface area contributed by atoms with Gasteiger partial charge in [-0.1, -0.05) is 0 Å². The highest BCUT2D eigenvalue weighted by Gasteiger charge is 2.20. The number of aromatic nitrogens is 1. The first-order valence-electron chi connectivity index (χ1n) is 6.05. The number of hydrogen-bond acceptors (Lipinski definition) is 4. The van der Waals surface area contributed by atoms with Crippen LogP contribution in [0.15, 0.2) is 17.5 Å². The monoisotopic (exact) mass is 292 g/mol. The third-order valence-electron chi connectivity index (χ3n) is 3.19. The van der Waals surface area contributed by atoms with Crippen LogP contribution in [0.3, 0.4) is 0 Å². The molecule has 2 rings (SSSR count). The highest BCUT2D eigenvalue weighted by atomic mass is 32.1. The average molecular weight is 292 g/mol. The molecule has 6 heteroatoms. The SMILES string of the molecule is COC(=O)c1scc(C)c1NC(=O)c1ccc(C)n1C. The summed E-state index contributed by atoms with van der Waals surface area (Å²) in [7, 11) is 3.15. The van der Waals surface area contributed by atoms with Crippen LogP contribution in [0.1, 0.15) is 31.4 Å². The zero-order valence-electron chi connectivity index (χ0n) is 11.8. The molecule has 0 atom stereocenters. The Morgan fingerprint density at radius 1 is 1.30 bits per heavy atom. The standard InChI is InChI=1S/C14H16N2O3S/c1-8-7-20-12(14(18)19-4)11(8)15-13(17)10-6-5-9(2)16(10)3/h5-7H,1-4H3,(H,15,17). The fourth-order valence-electron chi connectivity index (χ4n) is 1.86. The first-order chi connectivity index (χ1) is 9.45. The second-order valence-electron chi connectivity index (χ2n) is 4.49. The van der Waals surface area contributed by atoms with Gasteiger partial charge in [0.15, 0.2) is 0 Å². The van der Waals surface area contributed by atoms with E-state index >= 15 is 0 Å². The zero-order valence-corrected chi connectivity index (χ0v) is 12.6. The molecule has 0 bridgehead atoms. The Hall–Kier alpha value is -2.08. The predicted octanol–water partition coefficient (Wildman–Crippen LogP) is 2.74. The second kappa shape index (κ2) is 5.50. The van der Waals surface area contributed by atoms with Crippen molar-refractivity contribution in [2.45, 2.75) is 13.8 Å². The van der Waals surface area contributed by atoms with Crippen molar-refractivity contribution in [2.75, 3.05) is 12.4 Å². The van der Waals surface area contributed by atoms with Gasteiger partial charge in [0.2, 0.25) is 0 Å². The summed E-state index contributed by atoms with van der Waals surface area (Å²) in [6, 6.07) is 3.63. The summed E-state index contributed by atoms with van der Waals surface area (Å²) in [6.45, 7) is 3.77. The van der Waals surface area contributed by atoms with E-state index < -0.39 is 5.97 Å². The highest BCUT2D eigenvalue weighted by Crippen LogP contribution is 2.28. The van der Waals surface area contributed by atoms with E-state index in [1.807, 2.05) is 32.3 Å². The summed E-state index contributed by atoms with van der Waals surface area (Å²) in [5.74, 6) is -0.686. The summed E-state index contributed by atoms with van der Waals surface area (Å²) in [6.07, 6.45) is 0. The maximum absolute atomic E-state index is 12.3. The largest absolute Gasteiger partial charge is 0.465 e. The van der Waals surface area contributed by atoms with Gasteiger partial charge in [-0.15, -0.1) is 11.3 Å². The number of aryl methyl sites for hydroxylation is 2. The number of hydrogen-bond donors (Lipinski definition) is 1. The van der Waals surface area contributed by atoms with E-state index in [-0.39, 0.29) is 5.91 Å². The van der Waals surface area contributed by atoms with Crippen LogP contribution in [0.5, 0.6) is 0 Å². The third kappa shape index (κ3) is 2.46. The van der Waals surface area contributed by atoms with E-state index in [2.05, 4.69) is 5.32 Å². The zero-order chi connectivity index (χ0) is 14.9. The number of rotatable bonds is 3. The lowest BCUT2D eigenvalue weighted by molar-refractivity contribution is 0.0607. The van der Waals surface area contributed by atoms with Gasteiger partial charge in [0.05, 0.1) is 12.8 Å². The number of anilines is 1. The van der Waals surface area contributed by atoms with Crippen molar-refractivity contribution < 1.29 is 14.3 Å². The van der Waals surface area contributed by atoms with E-state index in [1.165, 1.54) is 18.4 Å². The van der Waals surface area contributed by atoms with Crippen molar-refractivity contribution in [3.63, 3.8) is 0 Å². The minimum Gasteiger partial charge on any atom is -0.465 e. The van der Waals surface area contributed by atoms with Crippen LogP contribution in [0, 0.1) is 13.8 Å². The number of amides is 1. The molecule has 5 nitrogen and oxygen atoms in total.